The Kier molecular flexibility index (Phi) is 5.39. The molecule has 4 nitrogen and oxygen atoms in total. The van der Waals surface area contributed by atoms with E-state index in [9.17, 15) is 9.59 Å². The van der Waals surface area contributed by atoms with Crippen LogP contribution in [0.5, 0.6) is 0 Å². The second-order valence-electron chi connectivity index (χ2n) is 6.73. The number of anilines is 1. The van der Waals surface area contributed by atoms with Gasteiger partial charge in [0, 0.05) is 5.69 Å². The number of hydrogen-bond acceptors (Lipinski definition) is 3. The highest BCUT2D eigenvalue weighted by molar-refractivity contribution is 5.97. The number of ether oxygens (including phenoxy) is 1. The van der Waals surface area contributed by atoms with Crippen molar-refractivity contribution in [3.63, 3.8) is 0 Å². The minimum atomic E-state index is -0.875. The Bertz CT molecular complexity index is 700. The van der Waals surface area contributed by atoms with Gasteiger partial charge in [-0.25, -0.2) is 4.79 Å². The van der Waals surface area contributed by atoms with E-state index in [4.69, 9.17) is 4.74 Å². The van der Waals surface area contributed by atoms with Gasteiger partial charge in [0.1, 0.15) is 0 Å². The van der Waals surface area contributed by atoms with Crippen LogP contribution < -0.4 is 5.32 Å². The lowest BCUT2D eigenvalue weighted by Gasteiger charge is -2.19. The highest BCUT2D eigenvalue weighted by Gasteiger charge is 2.20. The second-order valence-corrected chi connectivity index (χ2v) is 6.73. The van der Waals surface area contributed by atoms with Crippen molar-refractivity contribution in [2.45, 2.75) is 39.2 Å². The van der Waals surface area contributed by atoms with Crippen LogP contribution in [0, 0.1) is 0 Å². The van der Waals surface area contributed by atoms with Crippen LogP contribution in [0.15, 0.2) is 54.6 Å². The molecular weight excluding hydrogens is 302 g/mol. The lowest BCUT2D eigenvalue weighted by Crippen LogP contribution is -2.30. The van der Waals surface area contributed by atoms with E-state index >= 15 is 0 Å². The largest absolute Gasteiger partial charge is 0.449 e. The second kappa shape index (κ2) is 7.30. The van der Waals surface area contributed by atoms with Gasteiger partial charge in [-0.3, -0.25) is 4.79 Å². The number of para-hydroxylation sites is 1. The Balaban J connectivity index is 1.97. The van der Waals surface area contributed by atoms with Gasteiger partial charge in [0.25, 0.3) is 5.91 Å². The average Bonchev–Trinajstić information content (AvgIpc) is 2.55. The van der Waals surface area contributed by atoms with Crippen molar-refractivity contribution in [3.8, 4) is 0 Å². The summed E-state index contributed by atoms with van der Waals surface area (Å²) >= 11 is 0. The molecule has 0 spiro atoms. The molecule has 4 heteroatoms. The molecule has 2 rings (SSSR count). The van der Waals surface area contributed by atoms with Crippen molar-refractivity contribution in [2.75, 3.05) is 5.32 Å². The summed E-state index contributed by atoms with van der Waals surface area (Å²) in [5, 5.41) is 2.71. The summed E-state index contributed by atoms with van der Waals surface area (Å²) in [4.78, 5) is 24.2. The minimum absolute atomic E-state index is 0.0191. The molecule has 0 aliphatic rings. The van der Waals surface area contributed by atoms with Crippen molar-refractivity contribution in [2.24, 2.45) is 0 Å². The van der Waals surface area contributed by atoms with E-state index in [1.807, 2.05) is 30.3 Å². The summed E-state index contributed by atoms with van der Waals surface area (Å²) < 4.78 is 5.24. The maximum atomic E-state index is 12.2. The SMILES string of the molecule is C[C@H](OC(=O)c1ccc(C(C)(C)C)cc1)C(=O)Nc1ccccc1. The molecule has 1 N–H and O–H groups in total. The Morgan fingerprint density at radius 1 is 0.958 bits per heavy atom. The van der Waals surface area contributed by atoms with Crippen LogP contribution in [0.2, 0.25) is 0 Å². The number of hydrogen-bond donors (Lipinski definition) is 1. The van der Waals surface area contributed by atoms with E-state index in [2.05, 4.69) is 26.1 Å². The summed E-state index contributed by atoms with van der Waals surface area (Å²) in [6, 6.07) is 16.3. The first-order valence-electron chi connectivity index (χ1n) is 7.95. The Hall–Kier alpha value is -2.62. The van der Waals surface area contributed by atoms with Gasteiger partial charge in [0.05, 0.1) is 5.56 Å². The van der Waals surface area contributed by atoms with Crippen molar-refractivity contribution < 1.29 is 14.3 Å². The molecule has 0 fully saturated rings. The zero-order valence-electron chi connectivity index (χ0n) is 14.5. The van der Waals surface area contributed by atoms with Crippen molar-refractivity contribution in [1.29, 1.82) is 0 Å². The van der Waals surface area contributed by atoms with Crippen molar-refractivity contribution in [3.05, 3.63) is 65.7 Å². The van der Waals surface area contributed by atoms with Gasteiger partial charge >= 0.3 is 5.97 Å². The molecule has 1 amide bonds. The zero-order chi connectivity index (χ0) is 17.7. The molecule has 0 saturated carbocycles. The zero-order valence-corrected chi connectivity index (χ0v) is 14.5. The molecule has 2 aromatic rings. The van der Waals surface area contributed by atoms with E-state index in [0.29, 0.717) is 11.3 Å². The molecule has 0 aliphatic carbocycles. The van der Waals surface area contributed by atoms with E-state index in [1.165, 1.54) is 0 Å². The van der Waals surface area contributed by atoms with Crippen LogP contribution in [0.1, 0.15) is 43.6 Å². The summed E-state index contributed by atoms with van der Waals surface area (Å²) in [6.07, 6.45) is -0.875. The summed E-state index contributed by atoms with van der Waals surface area (Å²) in [5.74, 6) is -0.868. The quantitative estimate of drug-likeness (QED) is 0.858. The van der Waals surface area contributed by atoms with Crippen molar-refractivity contribution in [1.82, 2.24) is 0 Å². The fourth-order valence-electron chi connectivity index (χ4n) is 2.15. The van der Waals surface area contributed by atoms with Crippen LogP contribution >= 0.6 is 0 Å². The van der Waals surface area contributed by atoms with Crippen LogP contribution in [-0.2, 0) is 14.9 Å². The molecule has 0 aliphatic heterocycles. The lowest BCUT2D eigenvalue weighted by molar-refractivity contribution is -0.123. The van der Waals surface area contributed by atoms with Gasteiger partial charge < -0.3 is 10.1 Å². The van der Waals surface area contributed by atoms with Crippen LogP contribution in [0.25, 0.3) is 0 Å². The molecule has 0 aromatic heterocycles. The van der Waals surface area contributed by atoms with Gasteiger partial charge in [-0.2, -0.15) is 0 Å². The Morgan fingerprint density at radius 3 is 2.08 bits per heavy atom. The first kappa shape index (κ1) is 17.7. The summed E-state index contributed by atoms with van der Waals surface area (Å²) in [7, 11) is 0. The highest BCUT2D eigenvalue weighted by atomic mass is 16.5. The Labute approximate surface area is 142 Å². The first-order valence-corrected chi connectivity index (χ1v) is 7.95. The van der Waals surface area contributed by atoms with Crippen LogP contribution in [0.3, 0.4) is 0 Å². The van der Waals surface area contributed by atoms with Crippen LogP contribution in [0.4, 0.5) is 5.69 Å². The molecule has 0 unspecified atom stereocenters. The minimum Gasteiger partial charge on any atom is -0.449 e. The number of carbonyl (C=O) groups excluding carboxylic acids is 2. The lowest BCUT2D eigenvalue weighted by atomic mass is 9.87. The molecule has 126 valence electrons. The normalized spacial score (nSPS) is 12.3. The smallest absolute Gasteiger partial charge is 0.338 e. The van der Waals surface area contributed by atoms with E-state index in [1.54, 1.807) is 31.2 Å². The third-order valence-corrected chi connectivity index (χ3v) is 3.68. The maximum absolute atomic E-state index is 12.2. The molecule has 0 radical (unpaired) electrons. The molecule has 0 heterocycles. The monoisotopic (exact) mass is 325 g/mol. The maximum Gasteiger partial charge on any atom is 0.338 e. The molecule has 2 aromatic carbocycles. The predicted molar refractivity (Wildman–Crippen MR) is 95.1 cm³/mol. The fourth-order valence-corrected chi connectivity index (χ4v) is 2.15. The number of carbonyl (C=O) groups is 2. The van der Waals surface area contributed by atoms with Crippen molar-refractivity contribution >= 4 is 17.6 Å². The third kappa shape index (κ3) is 4.69. The third-order valence-electron chi connectivity index (χ3n) is 3.68. The fraction of sp³-hybridized carbons (Fsp3) is 0.300. The number of rotatable bonds is 4. The standard InChI is InChI=1S/C20H23NO3/c1-14(18(22)21-17-8-6-5-7-9-17)24-19(23)15-10-12-16(13-11-15)20(2,3)4/h5-14H,1-4H3,(H,21,22)/t14-/m0/s1. The highest BCUT2D eigenvalue weighted by Crippen LogP contribution is 2.22. The molecule has 24 heavy (non-hydrogen) atoms. The number of amides is 1. The number of benzene rings is 2. The first-order chi connectivity index (χ1) is 11.3. The van der Waals surface area contributed by atoms with Gasteiger partial charge in [-0.15, -0.1) is 0 Å². The predicted octanol–water partition coefficient (Wildman–Crippen LogP) is 4.17. The molecular formula is C20H23NO3. The topological polar surface area (TPSA) is 55.4 Å². The van der Waals surface area contributed by atoms with E-state index in [-0.39, 0.29) is 11.3 Å². The van der Waals surface area contributed by atoms with E-state index in [0.717, 1.165) is 5.56 Å². The van der Waals surface area contributed by atoms with E-state index < -0.39 is 12.1 Å². The summed E-state index contributed by atoms with van der Waals surface area (Å²) in [5.41, 5.74) is 2.25. The van der Waals surface area contributed by atoms with Crippen LogP contribution in [-0.4, -0.2) is 18.0 Å². The van der Waals surface area contributed by atoms with Gasteiger partial charge in [-0.1, -0.05) is 51.1 Å². The van der Waals surface area contributed by atoms with Gasteiger partial charge in [-0.05, 0) is 42.2 Å². The number of nitrogens with one attached hydrogen (secondary N) is 1. The number of esters is 1. The van der Waals surface area contributed by atoms with Gasteiger partial charge in [0.15, 0.2) is 6.10 Å². The summed E-state index contributed by atoms with van der Waals surface area (Å²) in [6.45, 7) is 7.88. The van der Waals surface area contributed by atoms with Gasteiger partial charge in [0.2, 0.25) is 0 Å². The molecule has 1 atom stereocenters. The average molecular weight is 325 g/mol. The molecule has 0 saturated heterocycles. The Morgan fingerprint density at radius 2 is 1.54 bits per heavy atom. The molecule has 0 bridgehead atoms.